The molecule has 26 heavy (non-hydrogen) atoms. The maximum atomic E-state index is 12.0. The first-order valence-corrected chi connectivity index (χ1v) is 10.3. The molecule has 8 heteroatoms. The highest BCUT2D eigenvalue weighted by Gasteiger charge is 2.30. The Hall–Kier alpha value is -2.22. The SMILES string of the molecule is Cc1ccc(C(=O)CCC(=O)O[C@@H](C)C(=O)N[C@H]2CCS(=O)(=O)C2)cc1. The van der Waals surface area contributed by atoms with E-state index in [1.54, 1.807) is 12.1 Å². The van der Waals surface area contributed by atoms with Crippen LogP contribution in [0.4, 0.5) is 0 Å². The van der Waals surface area contributed by atoms with Crippen molar-refractivity contribution in [2.24, 2.45) is 0 Å². The van der Waals surface area contributed by atoms with Gasteiger partial charge in [0.15, 0.2) is 21.7 Å². The van der Waals surface area contributed by atoms with E-state index in [0.717, 1.165) is 5.56 Å². The summed E-state index contributed by atoms with van der Waals surface area (Å²) in [6.45, 7) is 3.33. The van der Waals surface area contributed by atoms with Crippen LogP contribution in [0.5, 0.6) is 0 Å². The quantitative estimate of drug-likeness (QED) is 0.562. The average molecular weight is 381 g/mol. The molecule has 1 amide bonds. The molecular formula is C18H23NO6S. The number of amides is 1. The highest BCUT2D eigenvalue weighted by Crippen LogP contribution is 2.12. The lowest BCUT2D eigenvalue weighted by Gasteiger charge is -2.16. The zero-order valence-corrected chi connectivity index (χ0v) is 15.7. The number of rotatable bonds is 7. The first-order valence-electron chi connectivity index (χ1n) is 8.46. The first-order chi connectivity index (χ1) is 12.2. The third-order valence-corrected chi connectivity index (χ3v) is 5.95. The Morgan fingerprint density at radius 1 is 1.19 bits per heavy atom. The summed E-state index contributed by atoms with van der Waals surface area (Å²) in [5.41, 5.74) is 1.56. The summed E-state index contributed by atoms with van der Waals surface area (Å²) >= 11 is 0. The number of nitrogens with one attached hydrogen (secondary N) is 1. The number of hydrogen-bond donors (Lipinski definition) is 1. The van der Waals surface area contributed by atoms with E-state index in [-0.39, 0.29) is 30.1 Å². The summed E-state index contributed by atoms with van der Waals surface area (Å²) in [4.78, 5) is 35.9. The minimum atomic E-state index is -3.10. The molecule has 7 nitrogen and oxygen atoms in total. The average Bonchev–Trinajstić information content (AvgIpc) is 2.91. The number of ether oxygens (including phenoxy) is 1. The molecule has 0 bridgehead atoms. The summed E-state index contributed by atoms with van der Waals surface area (Å²) in [7, 11) is -3.10. The van der Waals surface area contributed by atoms with Crippen molar-refractivity contribution in [1.29, 1.82) is 0 Å². The number of ketones is 1. The number of esters is 1. The minimum Gasteiger partial charge on any atom is -0.453 e. The molecule has 1 aliphatic rings. The molecule has 1 heterocycles. The third-order valence-electron chi connectivity index (χ3n) is 4.19. The molecule has 1 aliphatic heterocycles. The van der Waals surface area contributed by atoms with Gasteiger partial charge in [-0.3, -0.25) is 14.4 Å². The highest BCUT2D eigenvalue weighted by atomic mass is 32.2. The number of Topliss-reactive ketones (excluding diaryl/α,β-unsaturated/α-hetero) is 1. The molecule has 0 aromatic heterocycles. The summed E-state index contributed by atoms with van der Waals surface area (Å²) in [5, 5.41) is 2.57. The number of aryl methyl sites for hydroxylation is 1. The van der Waals surface area contributed by atoms with Crippen molar-refractivity contribution < 1.29 is 27.5 Å². The second kappa shape index (κ2) is 8.44. The molecule has 1 fully saturated rings. The molecule has 1 saturated heterocycles. The maximum absolute atomic E-state index is 12.0. The molecular weight excluding hydrogens is 358 g/mol. The fraction of sp³-hybridized carbons (Fsp3) is 0.500. The van der Waals surface area contributed by atoms with Crippen molar-refractivity contribution in [2.75, 3.05) is 11.5 Å². The van der Waals surface area contributed by atoms with Gasteiger partial charge in [-0.25, -0.2) is 8.42 Å². The first kappa shape index (κ1) is 20.1. The van der Waals surface area contributed by atoms with Crippen LogP contribution < -0.4 is 5.32 Å². The molecule has 2 rings (SSSR count). The van der Waals surface area contributed by atoms with Gasteiger partial charge < -0.3 is 10.1 Å². The zero-order chi connectivity index (χ0) is 19.3. The molecule has 142 valence electrons. The van der Waals surface area contributed by atoms with Crippen LogP contribution >= 0.6 is 0 Å². The molecule has 0 unspecified atom stereocenters. The topological polar surface area (TPSA) is 107 Å². The van der Waals surface area contributed by atoms with E-state index in [1.165, 1.54) is 6.92 Å². The van der Waals surface area contributed by atoms with Crippen LogP contribution in [0, 0.1) is 6.92 Å². The van der Waals surface area contributed by atoms with Crippen LogP contribution in [-0.4, -0.2) is 49.7 Å². The Labute approximate surface area is 153 Å². The minimum absolute atomic E-state index is 0.00288. The standard InChI is InChI=1S/C18H23NO6S/c1-12-3-5-14(6-4-12)16(20)7-8-17(21)25-13(2)18(22)19-15-9-10-26(23,24)11-15/h3-6,13,15H,7-11H2,1-2H3,(H,19,22)/t13-,15-/m0/s1. The fourth-order valence-corrected chi connectivity index (χ4v) is 4.31. The number of hydrogen-bond acceptors (Lipinski definition) is 6. The molecule has 1 aromatic rings. The number of benzene rings is 1. The number of carbonyl (C=O) groups excluding carboxylic acids is 3. The van der Waals surface area contributed by atoms with Crippen molar-refractivity contribution in [1.82, 2.24) is 5.32 Å². The van der Waals surface area contributed by atoms with Gasteiger partial charge in [0.05, 0.1) is 17.9 Å². The van der Waals surface area contributed by atoms with Gasteiger partial charge in [0.25, 0.3) is 5.91 Å². The number of sulfone groups is 1. The van der Waals surface area contributed by atoms with Crippen LogP contribution in [0.1, 0.15) is 42.1 Å². The van der Waals surface area contributed by atoms with Crippen LogP contribution in [-0.2, 0) is 24.2 Å². The van der Waals surface area contributed by atoms with Gasteiger partial charge in [0, 0.05) is 18.0 Å². The van der Waals surface area contributed by atoms with E-state index in [0.29, 0.717) is 12.0 Å². The van der Waals surface area contributed by atoms with E-state index < -0.39 is 33.9 Å². The Morgan fingerprint density at radius 3 is 2.42 bits per heavy atom. The van der Waals surface area contributed by atoms with Crippen molar-refractivity contribution in [3.05, 3.63) is 35.4 Å². The van der Waals surface area contributed by atoms with Crippen LogP contribution in [0.2, 0.25) is 0 Å². The fourth-order valence-electron chi connectivity index (χ4n) is 2.64. The normalized spacial score (nSPS) is 19.5. The monoisotopic (exact) mass is 381 g/mol. The Balaban J connectivity index is 1.75. The van der Waals surface area contributed by atoms with Gasteiger partial charge in [-0.1, -0.05) is 29.8 Å². The molecule has 0 saturated carbocycles. The van der Waals surface area contributed by atoms with Gasteiger partial charge >= 0.3 is 5.97 Å². The lowest BCUT2D eigenvalue weighted by Crippen LogP contribution is -2.42. The van der Waals surface area contributed by atoms with Crippen LogP contribution in [0.25, 0.3) is 0 Å². The molecule has 1 aromatic carbocycles. The highest BCUT2D eigenvalue weighted by molar-refractivity contribution is 7.91. The lowest BCUT2D eigenvalue weighted by molar-refractivity contribution is -0.154. The van der Waals surface area contributed by atoms with Gasteiger partial charge in [-0.15, -0.1) is 0 Å². The van der Waals surface area contributed by atoms with E-state index in [2.05, 4.69) is 5.32 Å². The molecule has 0 aliphatic carbocycles. The molecule has 0 radical (unpaired) electrons. The summed E-state index contributed by atoms with van der Waals surface area (Å²) in [5.74, 6) is -1.40. The van der Waals surface area contributed by atoms with Crippen LogP contribution in [0.3, 0.4) is 0 Å². The second-order valence-electron chi connectivity index (χ2n) is 6.53. The summed E-state index contributed by atoms with van der Waals surface area (Å²) < 4.78 is 27.8. The van der Waals surface area contributed by atoms with E-state index in [1.807, 2.05) is 19.1 Å². The largest absolute Gasteiger partial charge is 0.453 e. The maximum Gasteiger partial charge on any atom is 0.307 e. The number of carbonyl (C=O) groups is 3. The molecule has 0 spiro atoms. The van der Waals surface area contributed by atoms with Gasteiger partial charge in [0.2, 0.25) is 0 Å². The van der Waals surface area contributed by atoms with Gasteiger partial charge in [0.1, 0.15) is 0 Å². The van der Waals surface area contributed by atoms with Crippen LogP contribution in [0.15, 0.2) is 24.3 Å². The summed E-state index contributed by atoms with van der Waals surface area (Å²) in [6.07, 6.45) is -0.806. The predicted octanol–water partition coefficient (Wildman–Crippen LogP) is 1.19. The predicted molar refractivity (Wildman–Crippen MR) is 95.5 cm³/mol. The summed E-state index contributed by atoms with van der Waals surface area (Å²) in [6, 6.07) is 6.60. The Kier molecular flexibility index (Phi) is 6.52. The smallest absolute Gasteiger partial charge is 0.307 e. The van der Waals surface area contributed by atoms with E-state index >= 15 is 0 Å². The van der Waals surface area contributed by atoms with Crippen molar-refractivity contribution in [2.45, 2.75) is 45.3 Å². The second-order valence-corrected chi connectivity index (χ2v) is 8.76. The Morgan fingerprint density at radius 2 is 1.85 bits per heavy atom. The Bertz CT molecular complexity index is 784. The van der Waals surface area contributed by atoms with Gasteiger partial charge in [-0.2, -0.15) is 0 Å². The molecule has 1 N–H and O–H groups in total. The molecule has 2 atom stereocenters. The van der Waals surface area contributed by atoms with Crippen molar-refractivity contribution in [3.63, 3.8) is 0 Å². The van der Waals surface area contributed by atoms with E-state index in [4.69, 9.17) is 4.74 Å². The van der Waals surface area contributed by atoms with Crippen molar-refractivity contribution in [3.8, 4) is 0 Å². The third kappa shape index (κ3) is 5.94. The van der Waals surface area contributed by atoms with Gasteiger partial charge in [-0.05, 0) is 20.3 Å². The lowest BCUT2D eigenvalue weighted by atomic mass is 10.1. The van der Waals surface area contributed by atoms with Crippen molar-refractivity contribution >= 4 is 27.5 Å². The van der Waals surface area contributed by atoms with E-state index in [9.17, 15) is 22.8 Å². The zero-order valence-electron chi connectivity index (χ0n) is 14.9.